The Balaban J connectivity index is 2.07. The monoisotopic (exact) mass is 308 g/mol. The van der Waals surface area contributed by atoms with Crippen molar-refractivity contribution in [3.8, 4) is 0 Å². The summed E-state index contributed by atoms with van der Waals surface area (Å²) >= 11 is 0. The molecule has 0 aromatic carbocycles. The summed E-state index contributed by atoms with van der Waals surface area (Å²) in [4.78, 5) is 16.1. The van der Waals surface area contributed by atoms with Gasteiger partial charge in [-0.05, 0) is 25.0 Å². The highest BCUT2D eigenvalue weighted by atomic mass is 32.2. The van der Waals surface area contributed by atoms with Gasteiger partial charge < -0.3 is 9.14 Å². The number of hydrogen-bond acceptors (Lipinski definition) is 5. The Labute approximate surface area is 122 Å². The van der Waals surface area contributed by atoms with Crippen LogP contribution in [0.2, 0.25) is 0 Å². The molecule has 3 rings (SSSR count). The number of rotatable bonds is 2. The van der Waals surface area contributed by atoms with E-state index in [1.165, 1.54) is 7.11 Å². The van der Waals surface area contributed by atoms with Crippen LogP contribution in [0.15, 0.2) is 24.5 Å². The van der Waals surface area contributed by atoms with Crippen LogP contribution in [0.5, 0.6) is 0 Å². The third-order valence-corrected chi connectivity index (χ3v) is 5.65. The first-order valence-electron chi connectivity index (χ1n) is 6.76. The molecule has 0 saturated carbocycles. The van der Waals surface area contributed by atoms with Crippen molar-refractivity contribution in [1.82, 2.24) is 9.38 Å². The molecular weight excluding hydrogens is 292 g/mol. The van der Waals surface area contributed by atoms with E-state index in [1.807, 2.05) is 0 Å². The maximum Gasteiger partial charge on any atom is 0.340 e. The van der Waals surface area contributed by atoms with E-state index in [-0.39, 0.29) is 17.4 Å². The fourth-order valence-electron chi connectivity index (χ4n) is 2.85. The number of nitrogens with zero attached hydrogens (tertiary/aromatic N) is 2. The van der Waals surface area contributed by atoms with Crippen molar-refractivity contribution in [1.29, 1.82) is 0 Å². The number of imidazole rings is 1. The highest BCUT2D eigenvalue weighted by molar-refractivity contribution is 7.91. The number of carbonyl (C=O) groups excluding carboxylic acids is 1. The molecule has 0 bridgehead atoms. The number of fused-ring (bicyclic) bond motifs is 1. The van der Waals surface area contributed by atoms with Gasteiger partial charge in [0.2, 0.25) is 0 Å². The topological polar surface area (TPSA) is 77.7 Å². The lowest BCUT2D eigenvalue weighted by atomic mass is 10.0. The Bertz CT molecular complexity index is 794. The highest BCUT2D eigenvalue weighted by Crippen LogP contribution is 2.28. The molecule has 112 valence electrons. The van der Waals surface area contributed by atoms with Gasteiger partial charge in [-0.15, -0.1) is 0 Å². The number of aromatic nitrogens is 2. The lowest BCUT2D eigenvalue weighted by molar-refractivity contribution is 0.0602. The summed E-state index contributed by atoms with van der Waals surface area (Å²) in [5.41, 5.74) is 1.07. The van der Waals surface area contributed by atoms with E-state index in [0.717, 1.165) is 6.42 Å². The number of methoxy groups -OCH3 is 1. The maximum atomic E-state index is 11.8. The summed E-state index contributed by atoms with van der Waals surface area (Å²) in [5.74, 6) is 0.510. The van der Waals surface area contributed by atoms with Crippen LogP contribution in [0.1, 0.15) is 34.9 Å². The summed E-state index contributed by atoms with van der Waals surface area (Å²) in [6.07, 6.45) is 4.84. The third-order valence-electron chi connectivity index (χ3n) is 3.83. The maximum absolute atomic E-state index is 11.8. The van der Waals surface area contributed by atoms with Crippen molar-refractivity contribution in [3.05, 3.63) is 35.9 Å². The van der Waals surface area contributed by atoms with Crippen LogP contribution in [0.4, 0.5) is 0 Å². The van der Waals surface area contributed by atoms with Crippen LogP contribution < -0.4 is 0 Å². The van der Waals surface area contributed by atoms with Crippen LogP contribution in [0.25, 0.3) is 5.52 Å². The zero-order valence-corrected chi connectivity index (χ0v) is 12.5. The average molecular weight is 308 g/mol. The summed E-state index contributed by atoms with van der Waals surface area (Å²) in [5, 5.41) is 0. The first-order chi connectivity index (χ1) is 10.0. The fourth-order valence-corrected chi connectivity index (χ4v) is 4.55. The van der Waals surface area contributed by atoms with E-state index in [4.69, 9.17) is 4.74 Å². The normalized spacial score (nSPS) is 21.3. The number of sulfone groups is 1. The third kappa shape index (κ3) is 2.53. The van der Waals surface area contributed by atoms with Crippen LogP contribution in [0.3, 0.4) is 0 Å². The molecule has 7 heteroatoms. The molecule has 1 aliphatic heterocycles. The van der Waals surface area contributed by atoms with Crippen molar-refractivity contribution in [2.75, 3.05) is 18.6 Å². The molecule has 0 amide bonds. The largest absolute Gasteiger partial charge is 0.465 e. The lowest BCUT2D eigenvalue weighted by Crippen LogP contribution is -2.25. The Morgan fingerprint density at radius 3 is 3.00 bits per heavy atom. The molecule has 0 radical (unpaired) electrons. The molecule has 0 spiro atoms. The van der Waals surface area contributed by atoms with E-state index < -0.39 is 15.8 Å². The Kier molecular flexibility index (Phi) is 3.44. The second kappa shape index (κ2) is 5.14. The number of ether oxygens (including phenoxy) is 1. The van der Waals surface area contributed by atoms with E-state index in [9.17, 15) is 13.2 Å². The van der Waals surface area contributed by atoms with Gasteiger partial charge in [-0.2, -0.15) is 0 Å². The second-order valence-electron chi connectivity index (χ2n) is 5.24. The lowest BCUT2D eigenvalue weighted by Gasteiger charge is -2.21. The standard InChI is InChI=1S/C14H16N2O4S/c1-20-14(17)11-5-2-6-16-12(11)8-15-13(16)10-4-3-7-21(18,19)9-10/h2,5-6,8,10H,3-4,7,9H2,1H3. The SMILES string of the molecule is COC(=O)c1cccn2c(C3CCCS(=O)(=O)C3)ncc12. The van der Waals surface area contributed by atoms with Gasteiger partial charge in [-0.1, -0.05) is 0 Å². The summed E-state index contributed by atoms with van der Waals surface area (Å²) in [7, 11) is -1.67. The van der Waals surface area contributed by atoms with Gasteiger partial charge in [0.15, 0.2) is 9.84 Å². The van der Waals surface area contributed by atoms with Gasteiger partial charge in [0.1, 0.15) is 5.82 Å². The zero-order chi connectivity index (χ0) is 15.0. The molecule has 1 fully saturated rings. The van der Waals surface area contributed by atoms with Gasteiger partial charge >= 0.3 is 5.97 Å². The molecular formula is C14H16N2O4S. The number of pyridine rings is 1. The first kappa shape index (κ1) is 14.1. The van der Waals surface area contributed by atoms with Crippen molar-refractivity contribution in [3.63, 3.8) is 0 Å². The summed E-state index contributed by atoms with van der Waals surface area (Å²) in [6.45, 7) is 0. The minimum absolute atomic E-state index is 0.120. The molecule has 21 heavy (non-hydrogen) atoms. The van der Waals surface area contributed by atoms with E-state index in [0.29, 0.717) is 23.3 Å². The van der Waals surface area contributed by atoms with Gasteiger partial charge in [-0.25, -0.2) is 18.2 Å². The van der Waals surface area contributed by atoms with Crippen molar-refractivity contribution >= 4 is 21.3 Å². The van der Waals surface area contributed by atoms with Gasteiger partial charge in [0, 0.05) is 12.1 Å². The highest BCUT2D eigenvalue weighted by Gasteiger charge is 2.29. The average Bonchev–Trinajstić information content (AvgIpc) is 2.89. The molecule has 0 N–H and O–H groups in total. The van der Waals surface area contributed by atoms with Crippen LogP contribution in [-0.4, -0.2) is 42.4 Å². The van der Waals surface area contributed by atoms with Gasteiger partial charge in [0.25, 0.3) is 0 Å². The van der Waals surface area contributed by atoms with Crippen molar-refractivity contribution in [2.24, 2.45) is 0 Å². The van der Waals surface area contributed by atoms with Crippen LogP contribution in [-0.2, 0) is 14.6 Å². The molecule has 0 aliphatic carbocycles. The Morgan fingerprint density at radius 2 is 2.29 bits per heavy atom. The van der Waals surface area contributed by atoms with Crippen LogP contribution >= 0.6 is 0 Å². The number of hydrogen-bond donors (Lipinski definition) is 0. The predicted molar refractivity (Wildman–Crippen MR) is 77.2 cm³/mol. The van der Waals surface area contributed by atoms with Gasteiger partial charge in [0.05, 0.1) is 35.9 Å². The predicted octanol–water partition coefficient (Wildman–Crippen LogP) is 1.41. The summed E-state index contributed by atoms with van der Waals surface area (Å²) in [6, 6.07) is 3.41. The fraction of sp³-hybridized carbons (Fsp3) is 0.429. The smallest absolute Gasteiger partial charge is 0.340 e. The Morgan fingerprint density at radius 1 is 1.48 bits per heavy atom. The van der Waals surface area contributed by atoms with Crippen LogP contribution in [0, 0.1) is 0 Å². The molecule has 1 aliphatic rings. The zero-order valence-electron chi connectivity index (χ0n) is 11.7. The van der Waals surface area contributed by atoms with E-state index >= 15 is 0 Å². The minimum Gasteiger partial charge on any atom is -0.465 e. The molecule has 1 saturated heterocycles. The number of carbonyl (C=O) groups is 1. The quantitative estimate of drug-likeness (QED) is 0.784. The molecule has 1 unspecified atom stereocenters. The van der Waals surface area contributed by atoms with E-state index in [2.05, 4.69) is 4.98 Å². The first-order valence-corrected chi connectivity index (χ1v) is 8.58. The summed E-state index contributed by atoms with van der Waals surface area (Å²) < 4.78 is 30.2. The van der Waals surface area contributed by atoms with Crippen molar-refractivity contribution < 1.29 is 17.9 Å². The minimum atomic E-state index is -3.00. The molecule has 1 atom stereocenters. The number of esters is 1. The molecule has 2 aromatic rings. The van der Waals surface area contributed by atoms with Gasteiger partial charge in [-0.3, -0.25) is 0 Å². The Hall–Kier alpha value is -1.89. The van der Waals surface area contributed by atoms with Crippen molar-refractivity contribution in [2.45, 2.75) is 18.8 Å². The molecule has 6 nitrogen and oxygen atoms in total. The second-order valence-corrected chi connectivity index (χ2v) is 7.47. The molecule has 3 heterocycles. The molecule has 2 aromatic heterocycles. The van der Waals surface area contributed by atoms with E-state index in [1.54, 1.807) is 28.9 Å².